The number of hydrogen-bond donors (Lipinski definition) is 1. The predicted octanol–water partition coefficient (Wildman–Crippen LogP) is 3.39. The molecule has 0 fully saturated rings. The number of benzene rings is 1. The number of aromatic amines is 1. The summed E-state index contributed by atoms with van der Waals surface area (Å²) in [4.78, 5) is 6.99. The molecule has 2 aromatic rings. The first-order valence-corrected chi connectivity index (χ1v) is 5.00. The van der Waals surface area contributed by atoms with Crippen LogP contribution in [-0.2, 0) is 0 Å². The highest BCUT2D eigenvalue weighted by Crippen LogP contribution is 2.18. The first-order valence-electron chi connectivity index (χ1n) is 4.59. The number of nitrogens with zero attached hydrogens (tertiary/aromatic N) is 1. The van der Waals surface area contributed by atoms with E-state index in [1.165, 1.54) is 6.07 Å². The molecule has 0 aliphatic carbocycles. The number of H-pyrrole nitrogens is 1. The largest absolute Gasteiger partial charge is 0.343 e. The zero-order valence-electron chi connectivity index (χ0n) is 8.42. The third-order valence-corrected chi connectivity index (χ3v) is 2.28. The highest BCUT2D eigenvalue weighted by Gasteiger charge is 2.06. The van der Waals surface area contributed by atoms with Crippen LogP contribution in [-0.4, -0.2) is 9.97 Å². The Labute approximate surface area is 96.0 Å². The molecule has 0 radical (unpaired) electrons. The standard InChI is InChI=1S/C11H8F2N2S/c1-6-4-10(16)15-11(14-6)7-2-3-8(12)9(13)5-7/h2-5H,1H3,(H,14,15,16). The lowest BCUT2D eigenvalue weighted by atomic mass is 10.2. The van der Waals surface area contributed by atoms with Gasteiger partial charge in [-0.3, -0.25) is 0 Å². The van der Waals surface area contributed by atoms with Crippen LogP contribution in [0.3, 0.4) is 0 Å². The van der Waals surface area contributed by atoms with Gasteiger partial charge in [-0.1, -0.05) is 12.2 Å². The lowest BCUT2D eigenvalue weighted by Gasteiger charge is -2.03. The average molecular weight is 238 g/mol. The molecule has 0 unspecified atom stereocenters. The zero-order valence-corrected chi connectivity index (χ0v) is 9.24. The van der Waals surface area contributed by atoms with Crippen molar-refractivity contribution in [3.63, 3.8) is 0 Å². The van der Waals surface area contributed by atoms with Crippen molar-refractivity contribution in [2.45, 2.75) is 6.92 Å². The summed E-state index contributed by atoms with van der Waals surface area (Å²) < 4.78 is 26.2. The molecule has 5 heteroatoms. The minimum atomic E-state index is -0.903. The van der Waals surface area contributed by atoms with Gasteiger partial charge in [0.25, 0.3) is 0 Å². The Hall–Kier alpha value is -1.62. The summed E-state index contributed by atoms with van der Waals surface area (Å²) in [5.74, 6) is -1.35. The molecule has 0 bridgehead atoms. The SMILES string of the molecule is Cc1cc(=S)nc(-c2ccc(F)c(F)c2)[nH]1. The van der Waals surface area contributed by atoms with Crippen molar-refractivity contribution in [3.8, 4) is 11.4 Å². The van der Waals surface area contributed by atoms with E-state index in [1.54, 1.807) is 6.07 Å². The molecular weight excluding hydrogens is 230 g/mol. The lowest BCUT2D eigenvalue weighted by molar-refractivity contribution is 0.509. The molecule has 16 heavy (non-hydrogen) atoms. The van der Waals surface area contributed by atoms with Gasteiger partial charge in [-0.05, 0) is 31.2 Å². The van der Waals surface area contributed by atoms with E-state index < -0.39 is 11.6 Å². The molecule has 1 aromatic heterocycles. The number of aromatic nitrogens is 2. The summed E-state index contributed by atoms with van der Waals surface area (Å²) in [6, 6.07) is 5.29. The normalized spacial score (nSPS) is 10.4. The minimum Gasteiger partial charge on any atom is -0.343 e. The van der Waals surface area contributed by atoms with Gasteiger partial charge in [0.1, 0.15) is 10.5 Å². The molecule has 0 saturated heterocycles. The van der Waals surface area contributed by atoms with E-state index in [0.29, 0.717) is 16.0 Å². The van der Waals surface area contributed by atoms with Crippen molar-refractivity contribution in [1.29, 1.82) is 0 Å². The molecule has 0 amide bonds. The molecule has 1 N–H and O–H groups in total. The Morgan fingerprint density at radius 1 is 1.19 bits per heavy atom. The molecule has 2 rings (SSSR count). The Bertz CT molecular complexity index is 593. The van der Waals surface area contributed by atoms with Gasteiger partial charge in [-0.2, -0.15) is 0 Å². The second kappa shape index (κ2) is 4.09. The molecule has 0 saturated carbocycles. The first-order chi connectivity index (χ1) is 7.56. The van der Waals surface area contributed by atoms with Crippen LogP contribution in [0.4, 0.5) is 8.78 Å². The van der Waals surface area contributed by atoms with E-state index in [-0.39, 0.29) is 0 Å². The van der Waals surface area contributed by atoms with Crippen molar-refractivity contribution in [3.05, 3.63) is 46.2 Å². The fourth-order valence-electron chi connectivity index (χ4n) is 1.36. The van der Waals surface area contributed by atoms with Crippen molar-refractivity contribution in [2.24, 2.45) is 0 Å². The van der Waals surface area contributed by atoms with E-state index >= 15 is 0 Å². The van der Waals surface area contributed by atoms with Gasteiger partial charge in [0, 0.05) is 11.3 Å². The van der Waals surface area contributed by atoms with Crippen LogP contribution in [0.2, 0.25) is 0 Å². The summed E-state index contributed by atoms with van der Waals surface area (Å²) in [5.41, 5.74) is 1.29. The van der Waals surface area contributed by atoms with Gasteiger partial charge < -0.3 is 4.98 Å². The first kappa shape index (κ1) is 10.9. The van der Waals surface area contributed by atoms with Crippen molar-refractivity contribution < 1.29 is 8.78 Å². The van der Waals surface area contributed by atoms with Gasteiger partial charge in [-0.25, -0.2) is 13.8 Å². The van der Waals surface area contributed by atoms with Crippen molar-refractivity contribution in [1.82, 2.24) is 9.97 Å². The zero-order chi connectivity index (χ0) is 11.7. The van der Waals surface area contributed by atoms with Crippen LogP contribution in [0.5, 0.6) is 0 Å². The van der Waals surface area contributed by atoms with Crippen LogP contribution < -0.4 is 0 Å². The average Bonchev–Trinajstić information content (AvgIpc) is 2.20. The summed E-state index contributed by atoms with van der Waals surface area (Å²) in [6.07, 6.45) is 0. The summed E-state index contributed by atoms with van der Waals surface area (Å²) in [7, 11) is 0. The maximum atomic E-state index is 13.0. The van der Waals surface area contributed by atoms with Gasteiger partial charge in [0.2, 0.25) is 0 Å². The maximum absolute atomic E-state index is 13.0. The molecule has 1 aromatic carbocycles. The van der Waals surface area contributed by atoms with E-state index in [4.69, 9.17) is 12.2 Å². The van der Waals surface area contributed by atoms with Crippen LogP contribution in [0.25, 0.3) is 11.4 Å². The molecule has 0 spiro atoms. The van der Waals surface area contributed by atoms with Crippen molar-refractivity contribution >= 4 is 12.2 Å². The highest BCUT2D eigenvalue weighted by atomic mass is 32.1. The molecule has 0 aliphatic heterocycles. The van der Waals surface area contributed by atoms with Gasteiger partial charge in [-0.15, -0.1) is 0 Å². The van der Waals surface area contributed by atoms with Crippen LogP contribution in [0.1, 0.15) is 5.69 Å². The van der Waals surface area contributed by atoms with Crippen molar-refractivity contribution in [2.75, 3.05) is 0 Å². The minimum absolute atomic E-state index is 0.413. The molecule has 0 atom stereocenters. The van der Waals surface area contributed by atoms with Crippen LogP contribution in [0.15, 0.2) is 24.3 Å². The summed E-state index contributed by atoms with van der Waals surface area (Å²) >= 11 is 4.95. The maximum Gasteiger partial charge on any atom is 0.159 e. The summed E-state index contributed by atoms with van der Waals surface area (Å²) in [5, 5.41) is 0. The predicted molar refractivity (Wildman–Crippen MR) is 59.5 cm³/mol. The number of rotatable bonds is 1. The third-order valence-electron chi connectivity index (χ3n) is 2.07. The van der Waals surface area contributed by atoms with Gasteiger partial charge in [0.05, 0.1) is 0 Å². The topological polar surface area (TPSA) is 28.7 Å². The quantitative estimate of drug-likeness (QED) is 0.771. The van der Waals surface area contributed by atoms with Gasteiger partial charge >= 0.3 is 0 Å². The summed E-state index contributed by atoms with van der Waals surface area (Å²) in [6.45, 7) is 1.82. The smallest absolute Gasteiger partial charge is 0.159 e. The monoisotopic (exact) mass is 238 g/mol. The highest BCUT2D eigenvalue weighted by molar-refractivity contribution is 7.71. The molecular formula is C11H8F2N2S. The molecule has 1 heterocycles. The van der Waals surface area contributed by atoms with E-state index in [2.05, 4.69) is 9.97 Å². The lowest BCUT2D eigenvalue weighted by Crippen LogP contribution is -1.93. The van der Waals surface area contributed by atoms with Crippen LogP contribution in [0, 0.1) is 23.2 Å². The second-order valence-corrected chi connectivity index (χ2v) is 3.80. The Morgan fingerprint density at radius 3 is 2.56 bits per heavy atom. The van der Waals surface area contributed by atoms with Crippen LogP contribution >= 0.6 is 12.2 Å². The van der Waals surface area contributed by atoms with E-state index in [9.17, 15) is 8.78 Å². The molecule has 82 valence electrons. The Balaban J connectivity index is 2.58. The number of aryl methyl sites for hydroxylation is 1. The van der Waals surface area contributed by atoms with E-state index in [1.807, 2.05) is 6.92 Å². The third kappa shape index (κ3) is 2.14. The fourth-order valence-corrected chi connectivity index (χ4v) is 1.63. The molecule has 0 aliphatic rings. The van der Waals surface area contributed by atoms with E-state index in [0.717, 1.165) is 17.8 Å². The number of hydrogen-bond acceptors (Lipinski definition) is 2. The van der Waals surface area contributed by atoms with Gasteiger partial charge in [0.15, 0.2) is 11.6 Å². The second-order valence-electron chi connectivity index (χ2n) is 3.38. The fraction of sp³-hybridized carbons (Fsp3) is 0.0909. The molecule has 2 nitrogen and oxygen atoms in total. The number of nitrogens with one attached hydrogen (secondary N) is 1. The Kier molecular flexibility index (Phi) is 2.78. The number of halogens is 2. The Morgan fingerprint density at radius 2 is 1.94 bits per heavy atom.